The highest BCUT2D eigenvalue weighted by molar-refractivity contribution is 4.68. The number of hydrogen-bond acceptors (Lipinski definition) is 2. The predicted octanol–water partition coefficient (Wildman–Crippen LogP) is 0.648. The van der Waals surface area contributed by atoms with Gasteiger partial charge in [0, 0.05) is 0 Å². The van der Waals surface area contributed by atoms with Crippen molar-refractivity contribution < 1.29 is 0 Å². The third-order valence-corrected chi connectivity index (χ3v) is 1.91. The van der Waals surface area contributed by atoms with E-state index in [1.165, 1.54) is 25.8 Å². The van der Waals surface area contributed by atoms with Gasteiger partial charge in [-0.25, -0.2) is 0 Å². The molecule has 1 atom stereocenters. The molecule has 1 aliphatic rings. The average Bonchev–Trinajstić information content (AvgIpc) is 1.90. The molecule has 9 heavy (non-hydrogen) atoms. The maximum atomic E-state index is 3.44. The Kier molecular flexibility index (Phi) is 2.49. The van der Waals surface area contributed by atoms with Crippen LogP contribution in [0.1, 0.15) is 19.3 Å². The van der Waals surface area contributed by atoms with Crippen molar-refractivity contribution in [2.45, 2.75) is 25.4 Å². The molecule has 0 aromatic carbocycles. The van der Waals surface area contributed by atoms with Crippen molar-refractivity contribution in [1.82, 2.24) is 10.2 Å². The Balaban J connectivity index is 2.23. The molecule has 1 heterocycles. The van der Waals surface area contributed by atoms with Crippen LogP contribution >= 0.6 is 0 Å². The highest BCUT2D eigenvalue weighted by atomic mass is 15.2. The van der Waals surface area contributed by atoms with E-state index in [0.717, 1.165) is 0 Å². The van der Waals surface area contributed by atoms with Crippen LogP contribution in [0.5, 0.6) is 0 Å². The summed E-state index contributed by atoms with van der Waals surface area (Å²) in [7, 11) is 4.26. The zero-order valence-corrected chi connectivity index (χ0v) is 6.35. The van der Waals surface area contributed by atoms with Crippen LogP contribution < -0.4 is 5.32 Å². The summed E-state index contributed by atoms with van der Waals surface area (Å²) in [5.41, 5.74) is 0. The Hall–Kier alpha value is -0.0800. The molecule has 0 aromatic heterocycles. The van der Waals surface area contributed by atoms with Gasteiger partial charge in [0.15, 0.2) is 0 Å². The van der Waals surface area contributed by atoms with Crippen molar-refractivity contribution in [2.24, 2.45) is 0 Å². The Morgan fingerprint density at radius 1 is 1.33 bits per heavy atom. The van der Waals surface area contributed by atoms with Crippen molar-refractivity contribution in [3.8, 4) is 0 Å². The number of nitrogens with one attached hydrogen (secondary N) is 1. The topological polar surface area (TPSA) is 15.3 Å². The van der Waals surface area contributed by atoms with Gasteiger partial charge in [-0.15, -0.1) is 0 Å². The standard InChI is InChI=1S/C7H16N2/c1-9(2)7-5-3-4-6-8-7/h7-8H,3-6H2,1-2H3. The maximum absolute atomic E-state index is 3.44. The molecule has 1 unspecified atom stereocenters. The second-order valence-corrected chi connectivity index (χ2v) is 2.93. The van der Waals surface area contributed by atoms with Crippen LogP contribution in [-0.2, 0) is 0 Å². The lowest BCUT2D eigenvalue weighted by molar-refractivity contribution is 0.205. The number of rotatable bonds is 1. The summed E-state index contributed by atoms with van der Waals surface area (Å²) in [5.74, 6) is 0. The van der Waals surface area contributed by atoms with Crippen molar-refractivity contribution >= 4 is 0 Å². The molecule has 0 aliphatic carbocycles. The number of piperidine rings is 1. The summed E-state index contributed by atoms with van der Waals surface area (Å²) in [6.45, 7) is 1.20. The van der Waals surface area contributed by atoms with Crippen molar-refractivity contribution in [3.63, 3.8) is 0 Å². The lowest BCUT2D eigenvalue weighted by Crippen LogP contribution is -2.44. The van der Waals surface area contributed by atoms with E-state index in [-0.39, 0.29) is 0 Å². The Morgan fingerprint density at radius 2 is 2.11 bits per heavy atom. The van der Waals surface area contributed by atoms with Crippen LogP contribution in [-0.4, -0.2) is 31.7 Å². The molecule has 1 N–H and O–H groups in total. The van der Waals surface area contributed by atoms with Gasteiger partial charge >= 0.3 is 0 Å². The van der Waals surface area contributed by atoms with E-state index >= 15 is 0 Å². The fraction of sp³-hybridized carbons (Fsp3) is 1.00. The SMILES string of the molecule is CN(C)C1CCCCN1. The molecule has 1 fully saturated rings. The third kappa shape index (κ3) is 1.95. The maximum Gasteiger partial charge on any atom is 0.0592 e. The molecular formula is C7H16N2. The van der Waals surface area contributed by atoms with Gasteiger partial charge in [0.2, 0.25) is 0 Å². The van der Waals surface area contributed by atoms with Crippen molar-refractivity contribution in [2.75, 3.05) is 20.6 Å². The van der Waals surface area contributed by atoms with Gasteiger partial charge < -0.3 is 5.32 Å². The summed E-state index contributed by atoms with van der Waals surface area (Å²) in [6, 6.07) is 0. The van der Waals surface area contributed by atoms with Gasteiger partial charge in [-0.3, -0.25) is 4.90 Å². The van der Waals surface area contributed by atoms with Gasteiger partial charge in [0.25, 0.3) is 0 Å². The van der Waals surface area contributed by atoms with Crippen LogP contribution in [0, 0.1) is 0 Å². The molecule has 0 amide bonds. The Morgan fingerprint density at radius 3 is 2.44 bits per heavy atom. The van der Waals surface area contributed by atoms with Gasteiger partial charge in [-0.2, -0.15) is 0 Å². The lowest BCUT2D eigenvalue weighted by Gasteiger charge is -2.29. The fourth-order valence-corrected chi connectivity index (χ4v) is 1.27. The third-order valence-electron chi connectivity index (χ3n) is 1.91. The van der Waals surface area contributed by atoms with Crippen molar-refractivity contribution in [3.05, 3.63) is 0 Å². The molecule has 2 heteroatoms. The summed E-state index contributed by atoms with van der Waals surface area (Å²) in [4.78, 5) is 2.25. The van der Waals surface area contributed by atoms with E-state index in [4.69, 9.17) is 0 Å². The second-order valence-electron chi connectivity index (χ2n) is 2.93. The molecule has 1 rings (SSSR count). The lowest BCUT2D eigenvalue weighted by atomic mass is 10.1. The van der Waals surface area contributed by atoms with Crippen LogP contribution in [0.3, 0.4) is 0 Å². The zero-order chi connectivity index (χ0) is 6.69. The van der Waals surface area contributed by atoms with Gasteiger partial charge in [-0.05, 0) is 39.9 Å². The second kappa shape index (κ2) is 3.18. The molecule has 0 aromatic rings. The summed E-state index contributed by atoms with van der Waals surface area (Å²) >= 11 is 0. The first-order valence-electron chi connectivity index (χ1n) is 3.70. The highest BCUT2D eigenvalue weighted by Gasteiger charge is 2.12. The summed E-state index contributed by atoms with van der Waals surface area (Å²) in [5, 5.41) is 3.44. The smallest absolute Gasteiger partial charge is 0.0592 e. The minimum absolute atomic E-state index is 0.638. The molecule has 1 aliphatic heterocycles. The Bertz CT molecular complexity index is 75.0. The van der Waals surface area contributed by atoms with E-state index < -0.39 is 0 Å². The van der Waals surface area contributed by atoms with E-state index in [1.54, 1.807) is 0 Å². The Labute approximate surface area is 57.2 Å². The monoisotopic (exact) mass is 128 g/mol. The van der Waals surface area contributed by atoms with E-state index in [9.17, 15) is 0 Å². The minimum Gasteiger partial charge on any atom is -0.302 e. The van der Waals surface area contributed by atoms with Gasteiger partial charge in [0.1, 0.15) is 0 Å². The minimum atomic E-state index is 0.638. The number of nitrogens with zero attached hydrogens (tertiary/aromatic N) is 1. The van der Waals surface area contributed by atoms with E-state index in [0.29, 0.717) is 6.17 Å². The molecular weight excluding hydrogens is 112 g/mol. The molecule has 0 bridgehead atoms. The van der Waals surface area contributed by atoms with E-state index in [2.05, 4.69) is 24.3 Å². The quantitative estimate of drug-likeness (QED) is 0.557. The van der Waals surface area contributed by atoms with Crippen LogP contribution in [0.2, 0.25) is 0 Å². The van der Waals surface area contributed by atoms with Crippen LogP contribution in [0.15, 0.2) is 0 Å². The molecule has 54 valence electrons. The average molecular weight is 128 g/mol. The number of hydrogen-bond donors (Lipinski definition) is 1. The first-order chi connectivity index (χ1) is 4.30. The normalized spacial score (nSPS) is 29.0. The summed E-state index contributed by atoms with van der Waals surface area (Å²) in [6.07, 6.45) is 4.69. The van der Waals surface area contributed by atoms with Crippen LogP contribution in [0.4, 0.5) is 0 Å². The van der Waals surface area contributed by atoms with E-state index in [1.807, 2.05) is 0 Å². The molecule has 1 saturated heterocycles. The van der Waals surface area contributed by atoms with Gasteiger partial charge in [0.05, 0.1) is 6.17 Å². The van der Waals surface area contributed by atoms with Crippen molar-refractivity contribution in [1.29, 1.82) is 0 Å². The first kappa shape index (κ1) is 7.03. The molecule has 0 spiro atoms. The zero-order valence-electron chi connectivity index (χ0n) is 6.35. The summed E-state index contributed by atoms with van der Waals surface area (Å²) < 4.78 is 0. The molecule has 0 radical (unpaired) electrons. The first-order valence-corrected chi connectivity index (χ1v) is 3.70. The largest absolute Gasteiger partial charge is 0.302 e. The molecule has 2 nitrogen and oxygen atoms in total. The highest BCUT2D eigenvalue weighted by Crippen LogP contribution is 2.07. The van der Waals surface area contributed by atoms with Gasteiger partial charge in [-0.1, -0.05) is 0 Å². The molecule has 0 saturated carbocycles. The fourth-order valence-electron chi connectivity index (χ4n) is 1.27. The van der Waals surface area contributed by atoms with Crippen LogP contribution in [0.25, 0.3) is 0 Å². The predicted molar refractivity (Wildman–Crippen MR) is 39.3 cm³/mol.